The Hall–Kier alpha value is -1.49. The third-order valence-electron chi connectivity index (χ3n) is 4.88. The minimum atomic E-state index is -0.712. The van der Waals surface area contributed by atoms with Crippen LogP contribution in [0.2, 0.25) is 0 Å². The van der Waals surface area contributed by atoms with Gasteiger partial charge < -0.3 is 5.32 Å². The highest BCUT2D eigenvalue weighted by molar-refractivity contribution is 5.83. The molecule has 1 aliphatic carbocycles. The first-order valence-electron chi connectivity index (χ1n) is 8.00. The maximum Gasteiger partial charge on any atom is 0.238 e. The molecule has 3 rings (SSSR count). The van der Waals surface area contributed by atoms with Crippen molar-refractivity contribution >= 4 is 5.91 Å². The molecule has 0 unspecified atom stereocenters. The number of likely N-dealkylation sites (tertiary alicyclic amines) is 1. The molecule has 1 saturated heterocycles. The normalized spacial score (nSPS) is 24.6. The summed E-state index contributed by atoms with van der Waals surface area (Å²) in [5.74, 6) is -0.984. The molecule has 2 aliphatic rings. The van der Waals surface area contributed by atoms with Gasteiger partial charge in [-0.15, -0.1) is 0 Å². The molecule has 3 nitrogen and oxygen atoms in total. The first-order valence-corrected chi connectivity index (χ1v) is 8.00. The van der Waals surface area contributed by atoms with Gasteiger partial charge in [0.2, 0.25) is 5.91 Å². The van der Waals surface area contributed by atoms with E-state index >= 15 is 0 Å². The van der Waals surface area contributed by atoms with Crippen LogP contribution in [0.1, 0.15) is 44.1 Å². The zero-order chi connectivity index (χ0) is 15.7. The standard InChI is InChI=1S/C17H22F2N2O/c1-21-10-4-2-3-5-15(21)16(22)20-17(8-9-17)13-11-12(18)6-7-14(13)19/h6-7,11,15H,2-5,8-10H2,1H3,(H,20,22)/t15-/m0/s1. The molecule has 1 aromatic carbocycles. The lowest BCUT2D eigenvalue weighted by Gasteiger charge is -2.28. The van der Waals surface area contributed by atoms with Crippen LogP contribution < -0.4 is 5.32 Å². The minimum Gasteiger partial charge on any atom is -0.345 e. The second-order valence-corrected chi connectivity index (χ2v) is 6.54. The second kappa shape index (κ2) is 5.95. The van der Waals surface area contributed by atoms with Crippen LogP contribution in [0.25, 0.3) is 0 Å². The van der Waals surface area contributed by atoms with Crippen LogP contribution in [-0.2, 0) is 10.3 Å². The van der Waals surface area contributed by atoms with E-state index < -0.39 is 17.2 Å². The fourth-order valence-electron chi connectivity index (χ4n) is 3.35. The summed E-state index contributed by atoms with van der Waals surface area (Å²) in [6.07, 6.45) is 5.42. The van der Waals surface area contributed by atoms with Gasteiger partial charge >= 0.3 is 0 Å². The fourth-order valence-corrected chi connectivity index (χ4v) is 3.35. The molecule has 1 atom stereocenters. The second-order valence-electron chi connectivity index (χ2n) is 6.54. The van der Waals surface area contributed by atoms with Crippen LogP contribution in [0, 0.1) is 11.6 Å². The van der Waals surface area contributed by atoms with Gasteiger partial charge in [0.1, 0.15) is 11.6 Å². The molecule has 2 fully saturated rings. The molecule has 1 saturated carbocycles. The number of benzene rings is 1. The molecule has 1 N–H and O–H groups in total. The van der Waals surface area contributed by atoms with E-state index in [1.54, 1.807) is 0 Å². The highest BCUT2D eigenvalue weighted by Crippen LogP contribution is 2.46. The van der Waals surface area contributed by atoms with Gasteiger partial charge in [-0.2, -0.15) is 0 Å². The largest absolute Gasteiger partial charge is 0.345 e. The Morgan fingerprint density at radius 3 is 2.77 bits per heavy atom. The Kier molecular flexibility index (Phi) is 4.17. The summed E-state index contributed by atoms with van der Waals surface area (Å²) in [6, 6.07) is 3.28. The van der Waals surface area contributed by atoms with Crippen LogP contribution in [0.5, 0.6) is 0 Å². The van der Waals surface area contributed by atoms with Crippen molar-refractivity contribution in [3.63, 3.8) is 0 Å². The number of likely N-dealkylation sites (N-methyl/N-ethyl adjacent to an activating group) is 1. The zero-order valence-electron chi connectivity index (χ0n) is 12.9. The lowest BCUT2D eigenvalue weighted by atomic mass is 10.0. The lowest BCUT2D eigenvalue weighted by Crippen LogP contribution is -2.48. The molecular formula is C17H22F2N2O. The van der Waals surface area contributed by atoms with Crippen LogP contribution in [-0.4, -0.2) is 30.4 Å². The zero-order valence-corrected chi connectivity index (χ0v) is 12.9. The fraction of sp³-hybridized carbons (Fsp3) is 0.588. The number of carbonyl (C=O) groups excluding carboxylic acids is 1. The maximum atomic E-state index is 14.0. The lowest BCUT2D eigenvalue weighted by molar-refractivity contribution is -0.127. The first kappa shape index (κ1) is 15.4. The van der Waals surface area contributed by atoms with Crippen LogP contribution in [0.3, 0.4) is 0 Å². The van der Waals surface area contributed by atoms with Crippen molar-refractivity contribution in [3.05, 3.63) is 35.4 Å². The topological polar surface area (TPSA) is 32.3 Å². The molecule has 0 bridgehead atoms. The van der Waals surface area contributed by atoms with Crippen LogP contribution in [0.15, 0.2) is 18.2 Å². The van der Waals surface area contributed by atoms with E-state index in [1.807, 2.05) is 7.05 Å². The smallest absolute Gasteiger partial charge is 0.238 e. The SMILES string of the molecule is CN1CCCCC[C@H]1C(=O)NC1(c2cc(F)ccc2F)CC1. The van der Waals surface area contributed by atoms with Gasteiger partial charge in [0, 0.05) is 5.56 Å². The number of carbonyl (C=O) groups is 1. The predicted octanol–water partition coefficient (Wildman–Crippen LogP) is 2.94. The molecule has 0 aromatic heterocycles. The summed E-state index contributed by atoms with van der Waals surface area (Å²) >= 11 is 0. The summed E-state index contributed by atoms with van der Waals surface area (Å²) in [4.78, 5) is 14.7. The molecule has 1 amide bonds. The Labute approximate surface area is 129 Å². The molecule has 22 heavy (non-hydrogen) atoms. The Bertz CT molecular complexity index is 572. The Morgan fingerprint density at radius 1 is 1.27 bits per heavy atom. The number of hydrogen-bond donors (Lipinski definition) is 1. The molecular weight excluding hydrogens is 286 g/mol. The summed E-state index contributed by atoms with van der Waals surface area (Å²) in [5, 5.41) is 2.99. The van der Waals surface area contributed by atoms with Crippen LogP contribution in [0.4, 0.5) is 8.78 Å². The van der Waals surface area contributed by atoms with E-state index in [1.165, 1.54) is 6.07 Å². The van der Waals surface area contributed by atoms with Gasteiger partial charge in [0.25, 0.3) is 0 Å². The highest BCUT2D eigenvalue weighted by Gasteiger charge is 2.48. The first-order chi connectivity index (χ1) is 10.5. The van der Waals surface area contributed by atoms with E-state index in [0.29, 0.717) is 12.8 Å². The van der Waals surface area contributed by atoms with Crippen molar-refractivity contribution < 1.29 is 13.6 Å². The summed E-state index contributed by atoms with van der Waals surface area (Å²) in [6.45, 7) is 0.902. The van der Waals surface area contributed by atoms with Crippen molar-refractivity contribution in [2.75, 3.05) is 13.6 Å². The van der Waals surface area contributed by atoms with Crippen molar-refractivity contribution in [2.45, 2.75) is 50.1 Å². The van der Waals surface area contributed by atoms with Crippen molar-refractivity contribution in [2.24, 2.45) is 0 Å². The number of halogens is 2. The molecule has 0 radical (unpaired) electrons. The van der Waals surface area contributed by atoms with Crippen molar-refractivity contribution in [3.8, 4) is 0 Å². The molecule has 0 spiro atoms. The Morgan fingerprint density at radius 2 is 2.05 bits per heavy atom. The summed E-state index contributed by atoms with van der Waals surface area (Å²) in [7, 11) is 1.96. The number of nitrogens with zero attached hydrogens (tertiary/aromatic N) is 1. The van der Waals surface area contributed by atoms with Crippen molar-refractivity contribution in [1.29, 1.82) is 0 Å². The van der Waals surface area contributed by atoms with Gasteiger partial charge in [0.05, 0.1) is 11.6 Å². The van der Waals surface area contributed by atoms with Gasteiger partial charge in [0.15, 0.2) is 0 Å². The Balaban J connectivity index is 1.76. The maximum absolute atomic E-state index is 14.0. The monoisotopic (exact) mass is 308 g/mol. The van der Waals surface area contributed by atoms with Crippen LogP contribution >= 0.6 is 0 Å². The number of nitrogens with one attached hydrogen (secondary N) is 1. The molecule has 1 heterocycles. The third kappa shape index (κ3) is 3.00. The number of amides is 1. The molecule has 120 valence electrons. The van der Waals surface area contributed by atoms with Gasteiger partial charge in [-0.1, -0.05) is 12.8 Å². The van der Waals surface area contributed by atoms with Gasteiger partial charge in [-0.25, -0.2) is 8.78 Å². The van der Waals surface area contributed by atoms with E-state index in [-0.39, 0.29) is 17.5 Å². The van der Waals surface area contributed by atoms with E-state index in [0.717, 1.165) is 44.4 Å². The van der Waals surface area contributed by atoms with Gasteiger partial charge in [-0.3, -0.25) is 9.69 Å². The van der Waals surface area contributed by atoms with Crippen molar-refractivity contribution in [1.82, 2.24) is 10.2 Å². The molecule has 5 heteroatoms. The summed E-state index contributed by atoms with van der Waals surface area (Å²) < 4.78 is 27.4. The number of hydrogen-bond acceptors (Lipinski definition) is 2. The molecule has 1 aliphatic heterocycles. The number of rotatable bonds is 3. The predicted molar refractivity (Wildman–Crippen MR) is 80.3 cm³/mol. The quantitative estimate of drug-likeness (QED) is 0.931. The average molecular weight is 308 g/mol. The summed E-state index contributed by atoms with van der Waals surface area (Å²) in [5.41, 5.74) is -0.437. The third-order valence-corrected chi connectivity index (χ3v) is 4.88. The minimum absolute atomic E-state index is 0.0643. The highest BCUT2D eigenvalue weighted by atomic mass is 19.1. The van der Waals surface area contributed by atoms with E-state index in [9.17, 15) is 13.6 Å². The van der Waals surface area contributed by atoms with Gasteiger partial charge in [-0.05, 0) is 57.5 Å². The van der Waals surface area contributed by atoms with E-state index in [4.69, 9.17) is 0 Å². The van der Waals surface area contributed by atoms with E-state index in [2.05, 4.69) is 10.2 Å². The average Bonchev–Trinajstić information content (AvgIpc) is 3.27. The molecule has 1 aromatic rings.